The van der Waals surface area contributed by atoms with Gasteiger partial charge in [0.25, 0.3) is 0 Å². The van der Waals surface area contributed by atoms with Crippen LogP contribution in [-0.2, 0) is 0 Å². The molecule has 1 atom stereocenters. The second-order valence-corrected chi connectivity index (χ2v) is 2.46. The molecule has 10 heavy (non-hydrogen) atoms. The molecule has 2 aliphatic rings. The summed E-state index contributed by atoms with van der Waals surface area (Å²) < 4.78 is 0. The van der Waals surface area contributed by atoms with E-state index >= 15 is 0 Å². The Labute approximate surface area is 58.7 Å². The highest BCUT2D eigenvalue weighted by Crippen LogP contribution is 2.06. The molecule has 1 fully saturated rings. The van der Waals surface area contributed by atoms with E-state index in [2.05, 4.69) is 16.0 Å². The fourth-order valence-corrected chi connectivity index (χ4v) is 1.25. The van der Waals surface area contributed by atoms with Crippen LogP contribution in [0.3, 0.4) is 0 Å². The number of rotatable bonds is 0. The summed E-state index contributed by atoms with van der Waals surface area (Å²) in [5.41, 5.74) is 1.02. The van der Waals surface area contributed by atoms with Crippen molar-refractivity contribution >= 4 is 6.03 Å². The zero-order valence-electron chi connectivity index (χ0n) is 5.48. The van der Waals surface area contributed by atoms with Gasteiger partial charge in [-0.25, -0.2) is 4.79 Å². The van der Waals surface area contributed by atoms with Gasteiger partial charge in [-0.05, 0) is 6.08 Å². The number of carbonyl (C=O) groups excluding carboxylic acids is 1. The molecule has 3 N–H and O–H groups in total. The van der Waals surface area contributed by atoms with Gasteiger partial charge in [0.2, 0.25) is 0 Å². The van der Waals surface area contributed by atoms with Crippen molar-refractivity contribution in [3.05, 3.63) is 11.8 Å². The van der Waals surface area contributed by atoms with E-state index in [0.29, 0.717) is 12.6 Å². The highest BCUT2D eigenvalue weighted by atomic mass is 16.2. The second kappa shape index (κ2) is 1.98. The molecule has 2 aliphatic heterocycles. The molecule has 0 saturated carbocycles. The normalized spacial score (nSPS) is 30.2. The fraction of sp³-hybridized carbons (Fsp3) is 0.500. The lowest BCUT2D eigenvalue weighted by atomic mass is 10.2. The van der Waals surface area contributed by atoms with Gasteiger partial charge in [0.05, 0.1) is 6.04 Å². The van der Waals surface area contributed by atoms with E-state index in [9.17, 15) is 4.79 Å². The van der Waals surface area contributed by atoms with Gasteiger partial charge in [-0.15, -0.1) is 0 Å². The first-order chi connectivity index (χ1) is 4.86. The van der Waals surface area contributed by atoms with Crippen molar-refractivity contribution in [2.45, 2.75) is 6.04 Å². The number of hydrogen-bond donors (Lipinski definition) is 3. The van der Waals surface area contributed by atoms with Crippen LogP contribution in [0.15, 0.2) is 11.8 Å². The standard InChI is InChI=1S/C6H9N3O/c10-6-8-3-5-4(9-6)1-2-7-5/h1,5,7H,2-3H2,(H2,8,9,10). The van der Waals surface area contributed by atoms with Gasteiger partial charge >= 0.3 is 6.03 Å². The van der Waals surface area contributed by atoms with E-state index in [1.807, 2.05) is 6.08 Å². The highest BCUT2D eigenvalue weighted by molar-refractivity contribution is 5.77. The van der Waals surface area contributed by atoms with Gasteiger partial charge < -0.3 is 16.0 Å². The third-order valence-corrected chi connectivity index (χ3v) is 1.79. The van der Waals surface area contributed by atoms with Gasteiger partial charge in [-0.2, -0.15) is 0 Å². The van der Waals surface area contributed by atoms with Crippen molar-refractivity contribution in [3.8, 4) is 0 Å². The summed E-state index contributed by atoms with van der Waals surface area (Å²) in [4.78, 5) is 10.7. The maximum atomic E-state index is 10.7. The quantitative estimate of drug-likeness (QED) is 0.409. The van der Waals surface area contributed by atoms with Crippen LogP contribution in [0.4, 0.5) is 4.79 Å². The Morgan fingerprint density at radius 3 is 3.40 bits per heavy atom. The van der Waals surface area contributed by atoms with Crippen LogP contribution in [-0.4, -0.2) is 25.2 Å². The summed E-state index contributed by atoms with van der Waals surface area (Å²) in [6.07, 6.45) is 2.00. The number of hydrogen-bond acceptors (Lipinski definition) is 2. The van der Waals surface area contributed by atoms with Crippen molar-refractivity contribution in [1.82, 2.24) is 16.0 Å². The number of amides is 2. The second-order valence-electron chi connectivity index (χ2n) is 2.46. The molecular weight excluding hydrogens is 130 g/mol. The monoisotopic (exact) mass is 139 g/mol. The Balaban J connectivity index is 2.14. The molecule has 0 aromatic carbocycles. The predicted octanol–water partition coefficient (Wildman–Crippen LogP) is -0.845. The molecule has 4 heteroatoms. The average Bonchev–Trinajstić information content (AvgIpc) is 2.33. The lowest BCUT2D eigenvalue weighted by Crippen LogP contribution is -2.51. The zero-order valence-corrected chi connectivity index (χ0v) is 5.48. The Bertz CT molecular complexity index is 199. The van der Waals surface area contributed by atoms with Crippen LogP contribution in [0.1, 0.15) is 0 Å². The molecule has 0 bridgehead atoms. The van der Waals surface area contributed by atoms with E-state index in [1.54, 1.807) is 0 Å². The average molecular weight is 139 g/mol. The zero-order chi connectivity index (χ0) is 6.97. The summed E-state index contributed by atoms with van der Waals surface area (Å²) in [5, 5.41) is 8.64. The lowest BCUT2D eigenvalue weighted by molar-refractivity contribution is 0.238. The van der Waals surface area contributed by atoms with Gasteiger partial charge in [-0.3, -0.25) is 0 Å². The van der Waals surface area contributed by atoms with Gasteiger partial charge in [0, 0.05) is 18.8 Å². The van der Waals surface area contributed by atoms with Gasteiger partial charge in [0.1, 0.15) is 0 Å². The first-order valence-electron chi connectivity index (χ1n) is 3.34. The molecule has 0 aromatic rings. The Hall–Kier alpha value is -1.03. The van der Waals surface area contributed by atoms with Crippen molar-refractivity contribution < 1.29 is 4.79 Å². The number of carbonyl (C=O) groups is 1. The smallest absolute Gasteiger partial charge is 0.319 e. The van der Waals surface area contributed by atoms with Gasteiger partial charge in [-0.1, -0.05) is 0 Å². The van der Waals surface area contributed by atoms with E-state index in [1.165, 1.54) is 0 Å². The van der Waals surface area contributed by atoms with Crippen molar-refractivity contribution in [1.29, 1.82) is 0 Å². The highest BCUT2D eigenvalue weighted by Gasteiger charge is 2.24. The van der Waals surface area contributed by atoms with Crippen LogP contribution >= 0.6 is 0 Å². The van der Waals surface area contributed by atoms with E-state index in [-0.39, 0.29) is 6.03 Å². The van der Waals surface area contributed by atoms with Crippen LogP contribution in [0.2, 0.25) is 0 Å². The fourth-order valence-electron chi connectivity index (χ4n) is 1.25. The largest absolute Gasteiger partial charge is 0.336 e. The van der Waals surface area contributed by atoms with Gasteiger partial charge in [0.15, 0.2) is 0 Å². The Kier molecular flexibility index (Phi) is 1.14. The SMILES string of the molecule is O=C1NCC2NCC=C2N1. The summed E-state index contributed by atoms with van der Waals surface area (Å²) in [7, 11) is 0. The summed E-state index contributed by atoms with van der Waals surface area (Å²) in [6.45, 7) is 1.57. The molecule has 0 aromatic heterocycles. The van der Waals surface area contributed by atoms with E-state index < -0.39 is 0 Å². The molecule has 0 spiro atoms. The summed E-state index contributed by atoms with van der Waals surface area (Å²) in [6, 6.07) is 0.226. The topological polar surface area (TPSA) is 53.2 Å². The molecule has 1 saturated heterocycles. The van der Waals surface area contributed by atoms with Crippen molar-refractivity contribution in [2.75, 3.05) is 13.1 Å². The maximum Gasteiger partial charge on any atom is 0.319 e. The van der Waals surface area contributed by atoms with E-state index in [4.69, 9.17) is 0 Å². The lowest BCUT2D eigenvalue weighted by Gasteiger charge is -2.22. The summed E-state index contributed by atoms with van der Waals surface area (Å²) in [5.74, 6) is 0. The minimum absolute atomic E-state index is 0.0915. The maximum absolute atomic E-state index is 10.7. The molecule has 54 valence electrons. The minimum Gasteiger partial charge on any atom is -0.336 e. The molecule has 0 radical (unpaired) electrons. The number of fused-ring (bicyclic) bond motifs is 1. The molecule has 1 unspecified atom stereocenters. The molecule has 2 amide bonds. The molecule has 4 nitrogen and oxygen atoms in total. The van der Waals surface area contributed by atoms with Crippen LogP contribution in [0.25, 0.3) is 0 Å². The molecule has 0 aliphatic carbocycles. The first kappa shape index (κ1) is 5.73. The molecule has 2 rings (SSSR count). The minimum atomic E-state index is -0.0915. The van der Waals surface area contributed by atoms with Crippen LogP contribution < -0.4 is 16.0 Å². The van der Waals surface area contributed by atoms with Crippen molar-refractivity contribution in [2.24, 2.45) is 0 Å². The van der Waals surface area contributed by atoms with Crippen molar-refractivity contribution in [3.63, 3.8) is 0 Å². The molecular formula is C6H9N3O. The van der Waals surface area contributed by atoms with Crippen LogP contribution in [0.5, 0.6) is 0 Å². The Morgan fingerprint density at radius 2 is 2.50 bits per heavy atom. The predicted molar refractivity (Wildman–Crippen MR) is 36.4 cm³/mol. The third kappa shape index (κ3) is 0.769. The number of urea groups is 1. The van der Waals surface area contributed by atoms with E-state index in [0.717, 1.165) is 12.2 Å². The number of nitrogens with one attached hydrogen (secondary N) is 3. The van der Waals surface area contributed by atoms with Crippen LogP contribution in [0, 0.1) is 0 Å². The summed E-state index contributed by atoms with van der Waals surface area (Å²) >= 11 is 0. The first-order valence-corrected chi connectivity index (χ1v) is 3.34. The Morgan fingerprint density at radius 1 is 1.60 bits per heavy atom. The molecule has 2 heterocycles. The third-order valence-electron chi connectivity index (χ3n) is 1.79.